The maximum Gasteiger partial charge on any atom is 0.254 e. The number of ether oxygens (including phenoxy) is 1. The number of β-amino-alcohol motifs (C(OH)–C–C–N with tert-alkyl or cyclic N) is 1. The Bertz CT molecular complexity index is 541. The van der Waals surface area contributed by atoms with Crippen LogP contribution in [0.25, 0.3) is 0 Å². The third-order valence-electron chi connectivity index (χ3n) is 4.58. The molecule has 2 rings (SSSR count). The molecule has 2 N–H and O–H groups in total. The van der Waals surface area contributed by atoms with Crippen molar-refractivity contribution in [2.45, 2.75) is 51.9 Å². The van der Waals surface area contributed by atoms with Gasteiger partial charge in [0.25, 0.3) is 5.91 Å². The Balaban J connectivity index is 1.89. The molecular formula is C19H30N2O3. The van der Waals surface area contributed by atoms with E-state index in [4.69, 9.17) is 4.74 Å². The Kier molecular flexibility index (Phi) is 7.21. The van der Waals surface area contributed by atoms with Crippen LogP contribution < -0.4 is 5.32 Å². The van der Waals surface area contributed by atoms with E-state index in [2.05, 4.69) is 18.3 Å². The summed E-state index contributed by atoms with van der Waals surface area (Å²) in [5.41, 5.74) is 3.09. The van der Waals surface area contributed by atoms with Gasteiger partial charge < -0.3 is 20.1 Å². The van der Waals surface area contributed by atoms with Crippen LogP contribution in [-0.4, -0.2) is 54.9 Å². The Labute approximate surface area is 145 Å². The molecule has 1 heterocycles. The highest BCUT2D eigenvalue weighted by atomic mass is 16.5. The largest absolute Gasteiger partial charge is 0.392 e. The predicted octanol–water partition coefficient (Wildman–Crippen LogP) is 1.97. The quantitative estimate of drug-likeness (QED) is 0.678. The van der Waals surface area contributed by atoms with E-state index in [0.29, 0.717) is 19.2 Å². The number of aliphatic hydroxyl groups is 1. The molecule has 1 aliphatic heterocycles. The monoisotopic (exact) mass is 334 g/mol. The van der Waals surface area contributed by atoms with Crippen LogP contribution in [0.3, 0.4) is 0 Å². The van der Waals surface area contributed by atoms with Crippen LogP contribution in [-0.2, 0) is 17.7 Å². The summed E-state index contributed by atoms with van der Waals surface area (Å²) >= 11 is 0. The van der Waals surface area contributed by atoms with E-state index in [1.165, 1.54) is 5.56 Å². The van der Waals surface area contributed by atoms with Crippen molar-refractivity contribution in [3.63, 3.8) is 0 Å². The van der Waals surface area contributed by atoms with Gasteiger partial charge in [0, 0.05) is 32.3 Å². The first kappa shape index (κ1) is 18.9. The average molecular weight is 334 g/mol. The van der Waals surface area contributed by atoms with Gasteiger partial charge in [-0.3, -0.25) is 4.79 Å². The van der Waals surface area contributed by atoms with Crippen molar-refractivity contribution in [3.8, 4) is 0 Å². The highest BCUT2D eigenvalue weighted by Gasteiger charge is 2.25. The minimum Gasteiger partial charge on any atom is -0.392 e. The molecule has 0 aliphatic carbocycles. The van der Waals surface area contributed by atoms with Crippen molar-refractivity contribution in [2.24, 2.45) is 0 Å². The molecule has 1 unspecified atom stereocenters. The molecule has 0 radical (unpaired) electrons. The number of methoxy groups -OCH3 is 1. The maximum absolute atomic E-state index is 12.5. The van der Waals surface area contributed by atoms with E-state index in [0.717, 1.165) is 43.5 Å². The van der Waals surface area contributed by atoms with E-state index in [-0.39, 0.29) is 5.91 Å². The summed E-state index contributed by atoms with van der Waals surface area (Å²) in [6.45, 7) is 6.66. The SMILES string of the molecule is CCC(CCNCc1ccc2c(c1)CCN(C[C@@H](C)O)C2=O)OC. The fourth-order valence-electron chi connectivity index (χ4n) is 3.18. The van der Waals surface area contributed by atoms with E-state index in [1.807, 2.05) is 12.1 Å². The van der Waals surface area contributed by atoms with Gasteiger partial charge in [-0.1, -0.05) is 19.1 Å². The van der Waals surface area contributed by atoms with E-state index in [1.54, 1.807) is 18.9 Å². The number of rotatable bonds is 9. The summed E-state index contributed by atoms with van der Waals surface area (Å²) in [4.78, 5) is 14.2. The van der Waals surface area contributed by atoms with Gasteiger partial charge in [0.05, 0.1) is 12.2 Å². The molecule has 0 spiro atoms. The van der Waals surface area contributed by atoms with Crippen molar-refractivity contribution in [1.29, 1.82) is 0 Å². The minimum atomic E-state index is -0.488. The Morgan fingerprint density at radius 2 is 2.21 bits per heavy atom. The number of nitrogens with zero attached hydrogens (tertiary/aromatic N) is 1. The van der Waals surface area contributed by atoms with Crippen LogP contribution in [0.1, 0.15) is 48.2 Å². The van der Waals surface area contributed by atoms with E-state index >= 15 is 0 Å². The second kappa shape index (κ2) is 9.16. The highest BCUT2D eigenvalue weighted by Crippen LogP contribution is 2.20. The van der Waals surface area contributed by atoms with Gasteiger partial charge >= 0.3 is 0 Å². The van der Waals surface area contributed by atoms with Crippen molar-refractivity contribution in [3.05, 3.63) is 34.9 Å². The van der Waals surface area contributed by atoms with Gasteiger partial charge in [-0.15, -0.1) is 0 Å². The highest BCUT2D eigenvalue weighted by molar-refractivity contribution is 5.96. The molecule has 24 heavy (non-hydrogen) atoms. The first-order valence-corrected chi connectivity index (χ1v) is 8.87. The smallest absolute Gasteiger partial charge is 0.254 e. The summed E-state index contributed by atoms with van der Waals surface area (Å²) in [5.74, 6) is 0.0301. The van der Waals surface area contributed by atoms with Gasteiger partial charge in [0.15, 0.2) is 0 Å². The topological polar surface area (TPSA) is 61.8 Å². The first-order valence-electron chi connectivity index (χ1n) is 8.87. The molecule has 5 heteroatoms. The number of nitrogens with one attached hydrogen (secondary N) is 1. The molecule has 2 atom stereocenters. The molecule has 5 nitrogen and oxygen atoms in total. The van der Waals surface area contributed by atoms with Crippen LogP contribution in [0.5, 0.6) is 0 Å². The third-order valence-corrected chi connectivity index (χ3v) is 4.58. The molecule has 134 valence electrons. The molecule has 1 amide bonds. The maximum atomic E-state index is 12.5. The number of amides is 1. The van der Waals surface area contributed by atoms with Crippen LogP contribution >= 0.6 is 0 Å². The van der Waals surface area contributed by atoms with E-state index in [9.17, 15) is 9.90 Å². The summed E-state index contributed by atoms with van der Waals surface area (Å²) in [6, 6.07) is 6.07. The van der Waals surface area contributed by atoms with Crippen LogP contribution in [0.2, 0.25) is 0 Å². The number of fused-ring (bicyclic) bond motifs is 1. The number of carbonyl (C=O) groups excluding carboxylic acids is 1. The third kappa shape index (κ3) is 5.03. The zero-order valence-electron chi connectivity index (χ0n) is 15.0. The van der Waals surface area contributed by atoms with Crippen LogP contribution in [0, 0.1) is 0 Å². The fourth-order valence-corrected chi connectivity index (χ4v) is 3.18. The second-order valence-electron chi connectivity index (χ2n) is 6.57. The number of hydrogen-bond donors (Lipinski definition) is 2. The Hall–Kier alpha value is -1.43. The van der Waals surface area contributed by atoms with Crippen LogP contribution in [0.4, 0.5) is 0 Å². The molecule has 0 saturated heterocycles. The average Bonchev–Trinajstić information content (AvgIpc) is 2.57. The van der Waals surface area contributed by atoms with Gasteiger partial charge in [-0.2, -0.15) is 0 Å². The lowest BCUT2D eigenvalue weighted by molar-refractivity contribution is 0.0630. The Morgan fingerprint density at radius 3 is 2.88 bits per heavy atom. The number of aliphatic hydroxyl groups excluding tert-OH is 1. The van der Waals surface area contributed by atoms with Gasteiger partial charge in [-0.05, 0) is 49.9 Å². The normalized spacial score (nSPS) is 16.8. The molecular weight excluding hydrogens is 304 g/mol. The lowest BCUT2D eigenvalue weighted by Crippen LogP contribution is -2.41. The molecule has 0 aromatic heterocycles. The van der Waals surface area contributed by atoms with Crippen molar-refractivity contribution >= 4 is 5.91 Å². The standard InChI is InChI=1S/C19H30N2O3/c1-4-17(24-3)7-9-20-12-15-5-6-18-16(11-15)8-10-21(19(18)23)13-14(2)22/h5-6,11,14,17,20,22H,4,7-10,12-13H2,1-3H3/t14-,17?/m1/s1. The van der Waals surface area contributed by atoms with Gasteiger partial charge in [0.2, 0.25) is 0 Å². The number of hydrogen-bond acceptors (Lipinski definition) is 4. The lowest BCUT2D eigenvalue weighted by Gasteiger charge is -2.29. The van der Waals surface area contributed by atoms with Crippen molar-refractivity contribution in [1.82, 2.24) is 10.2 Å². The molecule has 0 saturated carbocycles. The summed E-state index contributed by atoms with van der Waals surface area (Å²) in [6.07, 6.45) is 2.72. The summed E-state index contributed by atoms with van der Waals surface area (Å²) in [5, 5.41) is 12.9. The molecule has 0 fully saturated rings. The lowest BCUT2D eigenvalue weighted by atomic mass is 9.96. The minimum absolute atomic E-state index is 0.0301. The fraction of sp³-hybridized carbons (Fsp3) is 0.632. The predicted molar refractivity (Wildman–Crippen MR) is 95.1 cm³/mol. The van der Waals surface area contributed by atoms with Gasteiger partial charge in [-0.25, -0.2) is 0 Å². The van der Waals surface area contributed by atoms with Crippen LogP contribution in [0.15, 0.2) is 18.2 Å². The Morgan fingerprint density at radius 1 is 1.42 bits per heavy atom. The number of benzene rings is 1. The number of carbonyl (C=O) groups is 1. The van der Waals surface area contributed by atoms with E-state index < -0.39 is 6.10 Å². The van der Waals surface area contributed by atoms with Crippen molar-refractivity contribution in [2.75, 3.05) is 26.7 Å². The first-order chi connectivity index (χ1) is 11.5. The molecule has 1 aromatic carbocycles. The summed E-state index contributed by atoms with van der Waals surface area (Å²) < 4.78 is 5.38. The summed E-state index contributed by atoms with van der Waals surface area (Å²) in [7, 11) is 1.76. The second-order valence-corrected chi connectivity index (χ2v) is 6.57. The molecule has 0 bridgehead atoms. The molecule has 1 aliphatic rings. The van der Waals surface area contributed by atoms with Crippen molar-refractivity contribution < 1.29 is 14.6 Å². The zero-order chi connectivity index (χ0) is 17.5. The van der Waals surface area contributed by atoms with Gasteiger partial charge in [0.1, 0.15) is 0 Å². The zero-order valence-corrected chi connectivity index (χ0v) is 15.0. The molecule has 1 aromatic rings.